The predicted molar refractivity (Wildman–Crippen MR) is 125 cm³/mol. The zero-order chi connectivity index (χ0) is 24.0. The zero-order valence-electron chi connectivity index (χ0n) is 18.8. The number of thiophene rings is 1. The fraction of sp³-hybridized carbons (Fsp3) is 0.346. The number of carbonyl (C=O) groups excluding carboxylic acids is 1. The van der Waals surface area contributed by atoms with E-state index in [1.807, 2.05) is 43.3 Å². The quantitative estimate of drug-likeness (QED) is 0.388. The number of para-hydroxylation sites is 1. The van der Waals surface area contributed by atoms with Gasteiger partial charge in [0.25, 0.3) is 0 Å². The minimum atomic E-state index is -1.53. The van der Waals surface area contributed by atoms with Crippen molar-refractivity contribution in [3.63, 3.8) is 0 Å². The molecule has 178 valence electrons. The van der Waals surface area contributed by atoms with Crippen LogP contribution in [0.15, 0.2) is 54.6 Å². The summed E-state index contributed by atoms with van der Waals surface area (Å²) in [6.07, 6.45) is -4.19. The number of aliphatic hydroxyl groups is 3. The van der Waals surface area contributed by atoms with Gasteiger partial charge in [-0.1, -0.05) is 24.3 Å². The lowest BCUT2D eigenvalue weighted by atomic mass is 9.86. The summed E-state index contributed by atoms with van der Waals surface area (Å²) in [5, 5.41) is 31.3. The van der Waals surface area contributed by atoms with E-state index in [9.17, 15) is 20.1 Å². The molecule has 1 aromatic heterocycles. The smallest absolute Gasteiger partial charge is 0.353 e. The highest BCUT2D eigenvalue weighted by Crippen LogP contribution is 2.46. The number of aliphatic hydroxyl groups excluding tert-OH is 3. The summed E-state index contributed by atoms with van der Waals surface area (Å²) in [6, 6.07) is 16.5. The van der Waals surface area contributed by atoms with Gasteiger partial charge in [0.05, 0.1) is 12.7 Å². The van der Waals surface area contributed by atoms with Crippen LogP contribution >= 0.6 is 11.3 Å². The monoisotopic (exact) mass is 482 g/mol. The molecule has 3 N–H and O–H groups in total. The Morgan fingerprint density at radius 3 is 2.65 bits per heavy atom. The SMILES string of the molecule is Cc1cc2c(cc1Cc1ccc(C(=O)Oc3ccccc3)s1)[C@]1(OC2)O[C@H](C)[C@@H](O)[C@H](O)[C@H]1O. The number of carbonyl (C=O) groups is 1. The van der Waals surface area contributed by atoms with Crippen molar-refractivity contribution in [2.24, 2.45) is 0 Å². The highest BCUT2D eigenvalue weighted by atomic mass is 32.1. The minimum absolute atomic E-state index is 0.234. The van der Waals surface area contributed by atoms with Crippen LogP contribution in [0.1, 0.15) is 43.7 Å². The molecule has 34 heavy (non-hydrogen) atoms. The molecule has 0 saturated carbocycles. The van der Waals surface area contributed by atoms with Crippen LogP contribution < -0.4 is 4.74 Å². The third-order valence-electron chi connectivity index (χ3n) is 6.47. The molecule has 1 saturated heterocycles. The minimum Gasteiger partial charge on any atom is -0.422 e. The second-order valence-electron chi connectivity index (χ2n) is 8.79. The van der Waals surface area contributed by atoms with E-state index < -0.39 is 36.2 Å². The topological polar surface area (TPSA) is 105 Å². The molecule has 0 unspecified atom stereocenters. The second kappa shape index (κ2) is 8.88. The summed E-state index contributed by atoms with van der Waals surface area (Å²) in [7, 11) is 0. The highest BCUT2D eigenvalue weighted by Gasteiger charge is 2.57. The van der Waals surface area contributed by atoms with Gasteiger partial charge in [-0.3, -0.25) is 0 Å². The fourth-order valence-corrected chi connectivity index (χ4v) is 5.48. The van der Waals surface area contributed by atoms with Gasteiger partial charge in [0, 0.05) is 16.9 Å². The van der Waals surface area contributed by atoms with Gasteiger partial charge in [-0.2, -0.15) is 0 Å². The van der Waals surface area contributed by atoms with Gasteiger partial charge in [0.2, 0.25) is 5.79 Å². The van der Waals surface area contributed by atoms with Gasteiger partial charge in [-0.15, -0.1) is 11.3 Å². The van der Waals surface area contributed by atoms with Gasteiger partial charge in [-0.25, -0.2) is 4.79 Å². The van der Waals surface area contributed by atoms with Crippen LogP contribution in [-0.2, 0) is 28.3 Å². The third-order valence-corrected chi connectivity index (χ3v) is 7.53. The molecular formula is C26H26O7S. The molecule has 0 amide bonds. The lowest BCUT2D eigenvalue weighted by Crippen LogP contribution is -2.62. The van der Waals surface area contributed by atoms with Gasteiger partial charge >= 0.3 is 5.97 Å². The first-order valence-corrected chi connectivity index (χ1v) is 11.9. The van der Waals surface area contributed by atoms with Crippen molar-refractivity contribution in [3.8, 4) is 5.75 Å². The van der Waals surface area contributed by atoms with E-state index in [-0.39, 0.29) is 6.61 Å². The molecule has 5 atom stereocenters. The largest absolute Gasteiger partial charge is 0.422 e. The molecule has 2 aliphatic rings. The molecule has 7 nitrogen and oxygen atoms in total. The summed E-state index contributed by atoms with van der Waals surface area (Å²) in [6.45, 7) is 3.87. The Hall–Kier alpha value is -2.59. The molecule has 3 aromatic rings. The van der Waals surface area contributed by atoms with Crippen LogP contribution in [0.5, 0.6) is 5.75 Å². The molecule has 0 aliphatic carbocycles. The number of aryl methyl sites for hydroxylation is 1. The average Bonchev–Trinajstić information content (AvgIpc) is 3.43. The van der Waals surface area contributed by atoms with Gasteiger partial charge in [-0.05, 0) is 60.9 Å². The van der Waals surface area contributed by atoms with Crippen molar-refractivity contribution in [1.29, 1.82) is 0 Å². The number of ether oxygens (including phenoxy) is 3. The number of benzene rings is 2. The second-order valence-corrected chi connectivity index (χ2v) is 9.95. The molecule has 5 rings (SSSR count). The molecule has 2 aromatic carbocycles. The maximum atomic E-state index is 12.5. The standard InChI is InChI=1S/C26H26O7S/c1-14-10-17-13-31-26(24(29)23(28)22(27)15(2)33-26)20(17)12-16(14)11-19-8-9-21(34-19)25(30)32-18-6-4-3-5-7-18/h3-10,12,15,22-24,27-29H,11,13H2,1-2H3/t15-,22-,23+,24-,26+/m1/s1. The number of esters is 1. The van der Waals surface area contributed by atoms with Crippen molar-refractivity contribution in [3.05, 3.63) is 86.6 Å². The van der Waals surface area contributed by atoms with Crippen molar-refractivity contribution in [2.45, 2.75) is 57.1 Å². The van der Waals surface area contributed by atoms with Crippen molar-refractivity contribution >= 4 is 17.3 Å². The van der Waals surface area contributed by atoms with E-state index in [0.29, 0.717) is 22.6 Å². The average molecular weight is 483 g/mol. The van der Waals surface area contributed by atoms with E-state index >= 15 is 0 Å². The lowest BCUT2D eigenvalue weighted by Gasteiger charge is -2.45. The van der Waals surface area contributed by atoms with E-state index in [1.165, 1.54) is 11.3 Å². The Morgan fingerprint density at radius 1 is 1.12 bits per heavy atom. The van der Waals surface area contributed by atoms with Crippen LogP contribution in [0.4, 0.5) is 0 Å². The summed E-state index contributed by atoms with van der Waals surface area (Å²) >= 11 is 1.37. The maximum absolute atomic E-state index is 12.5. The van der Waals surface area contributed by atoms with Crippen molar-refractivity contribution in [1.82, 2.24) is 0 Å². The van der Waals surface area contributed by atoms with Gasteiger partial charge in [0.15, 0.2) is 0 Å². The Kier molecular flexibility index (Phi) is 6.05. The molecule has 0 radical (unpaired) electrons. The van der Waals surface area contributed by atoms with E-state index in [0.717, 1.165) is 21.6 Å². The summed E-state index contributed by atoms with van der Waals surface area (Å²) in [5.74, 6) is -1.44. The molecular weight excluding hydrogens is 456 g/mol. The molecule has 2 aliphatic heterocycles. The number of rotatable bonds is 4. The van der Waals surface area contributed by atoms with Gasteiger partial charge in [0.1, 0.15) is 28.9 Å². The Balaban J connectivity index is 1.40. The molecule has 1 spiro atoms. The van der Waals surface area contributed by atoms with E-state index in [4.69, 9.17) is 14.2 Å². The normalized spacial score (nSPS) is 28.1. The predicted octanol–water partition coefficient (Wildman–Crippen LogP) is 3.05. The third kappa shape index (κ3) is 3.96. The molecule has 3 heterocycles. The first-order chi connectivity index (χ1) is 16.3. The summed E-state index contributed by atoms with van der Waals surface area (Å²) in [5.41, 5.74) is 3.55. The van der Waals surface area contributed by atoms with Crippen LogP contribution in [-0.4, -0.2) is 45.7 Å². The maximum Gasteiger partial charge on any atom is 0.353 e. The molecule has 1 fully saturated rings. The first-order valence-electron chi connectivity index (χ1n) is 11.1. The van der Waals surface area contributed by atoms with Gasteiger partial charge < -0.3 is 29.5 Å². The first kappa shape index (κ1) is 23.2. The summed E-state index contributed by atoms with van der Waals surface area (Å²) in [4.78, 5) is 14.0. The van der Waals surface area contributed by atoms with Crippen molar-refractivity contribution < 1.29 is 34.3 Å². The lowest BCUT2D eigenvalue weighted by molar-refractivity contribution is -0.362. The summed E-state index contributed by atoms with van der Waals surface area (Å²) < 4.78 is 17.3. The van der Waals surface area contributed by atoms with Crippen LogP contribution in [0.3, 0.4) is 0 Å². The number of fused-ring (bicyclic) bond motifs is 2. The Bertz CT molecular complexity index is 1210. The number of hydrogen-bond donors (Lipinski definition) is 3. The zero-order valence-corrected chi connectivity index (χ0v) is 19.6. The van der Waals surface area contributed by atoms with Crippen molar-refractivity contribution in [2.75, 3.05) is 0 Å². The van der Waals surface area contributed by atoms with E-state index in [1.54, 1.807) is 25.1 Å². The number of hydrogen-bond acceptors (Lipinski definition) is 8. The fourth-order valence-electron chi connectivity index (χ4n) is 4.57. The van der Waals surface area contributed by atoms with Crippen LogP contribution in [0.25, 0.3) is 0 Å². The van der Waals surface area contributed by atoms with Crippen LogP contribution in [0.2, 0.25) is 0 Å². The molecule has 0 bridgehead atoms. The molecule has 8 heteroatoms. The Labute approximate surface area is 201 Å². The highest BCUT2D eigenvalue weighted by molar-refractivity contribution is 7.14. The van der Waals surface area contributed by atoms with Crippen LogP contribution in [0, 0.1) is 6.92 Å². The van der Waals surface area contributed by atoms with E-state index in [2.05, 4.69) is 0 Å². The Morgan fingerprint density at radius 2 is 1.88 bits per heavy atom.